The van der Waals surface area contributed by atoms with Gasteiger partial charge in [-0.3, -0.25) is 4.79 Å². The third kappa shape index (κ3) is 9.39. The van der Waals surface area contributed by atoms with Gasteiger partial charge >= 0.3 is 5.97 Å². The van der Waals surface area contributed by atoms with Gasteiger partial charge in [0.1, 0.15) is 0 Å². The van der Waals surface area contributed by atoms with Crippen molar-refractivity contribution in [2.24, 2.45) is 5.92 Å². The van der Waals surface area contributed by atoms with Crippen LogP contribution in [-0.4, -0.2) is 12.6 Å². The summed E-state index contributed by atoms with van der Waals surface area (Å²) in [7, 11) is 0. The molecule has 1 rings (SSSR count). The van der Waals surface area contributed by atoms with E-state index in [9.17, 15) is 4.79 Å². The van der Waals surface area contributed by atoms with E-state index in [0.29, 0.717) is 12.5 Å². The number of ether oxygens (including phenoxy) is 1. The molecule has 0 aliphatic heterocycles. The van der Waals surface area contributed by atoms with Gasteiger partial charge in [0.2, 0.25) is 0 Å². The van der Waals surface area contributed by atoms with Crippen molar-refractivity contribution in [1.82, 2.24) is 0 Å². The molecule has 1 radical (unpaired) electrons. The van der Waals surface area contributed by atoms with E-state index in [-0.39, 0.29) is 5.97 Å². The second kappa shape index (κ2) is 12.2. The summed E-state index contributed by atoms with van der Waals surface area (Å²) in [5.41, 5.74) is 0. The number of carbonyl (C=O) groups is 1. The molecule has 2 heteroatoms. The molecule has 0 aromatic carbocycles. The van der Waals surface area contributed by atoms with Crippen LogP contribution >= 0.6 is 0 Å². The van der Waals surface area contributed by atoms with E-state index in [1.165, 1.54) is 70.6 Å². The number of hydrogen-bond donors (Lipinski definition) is 0. The lowest BCUT2D eigenvalue weighted by Crippen LogP contribution is -2.14. The fourth-order valence-electron chi connectivity index (χ4n) is 2.93. The average Bonchev–Trinajstić information content (AvgIpc) is 2.73. The summed E-state index contributed by atoms with van der Waals surface area (Å²) in [6.07, 6.45) is 18.1. The predicted octanol–water partition coefficient (Wildman–Crippen LogP) is 5.45. The number of esters is 1. The highest BCUT2D eigenvalue weighted by atomic mass is 16.5. The first kappa shape index (κ1) is 17.5. The maximum absolute atomic E-state index is 11.6. The van der Waals surface area contributed by atoms with Crippen molar-refractivity contribution in [3.63, 3.8) is 0 Å². The van der Waals surface area contributed by atoms with Crippen LogP contribution in [0.15, 0.2) is 0 Å². The molecule has 0 aromatic heterocycles. The highest BCUT2D eigenvalue weighted by molar-refractivity contribution is 5.78. The second-order valence-corrected chi connectivity index (χ2v) is 6.25. The van der Waals surface area contributed by atoms with Crippen LogP contribution in [-0.2, 0) is 9.53 Å². The first-order valence-corrected chi connectivity index (χ1v) is 8.83. The van der Waals surface area contributed by atoms with Crippen LogP contribution in [0.3, 0.4) is 0 Å². The third-order valence-electron chi connectivity index (χ3n) is 4.30. The highest BCUT2D eigenvalue weighted by Gasteiger charge is 2.14. The standard InChI is InChI=1S/C18H33O2/c1-2-3-4-5-6-7-12-15-18(19)20-16-17-13-10-8-9-11-14-17/h15,17H,2-14,16H2,1H3. The Morgan fingerprint density at radius 1 is 1.00 bits per heavy atom. The monoisotopic (exact) mass is 281 g/mol. The van der Waals surface area contributed by atoms with E-state index in [4.69, 9.17) is 4.74 Å². The molecule has 2 nitrogen and oxygen atoms in total. The SMILES string of the molecule is CCCCCCCC[CH]C(=O)OCC1CCCCCC1. The number of unbranched alkanes of at least 4 members (excludes halogenated alkanes) is 6. The minimum atomic E-state index is -0.0946. The lowest BCUT2D eigenvalue weighted by atomic mass is 10.0. The summed E-state index contributed by atoms with van der Waals surface area (Å²) in [5, 5.41) is 0. The van der Waals surface area contributed by atoms with Gasteiger partial charge in [-0.15, -0.1) is 0 Å². The van der Waals surface area contributed by atoms with Crippen molar-refractivity contribution in [1.29, 1.82) is 0 Å². The summed E-state index contributed by atoms with van der Waals surface area (Å²) in [5.74, 6) is 0.520. The molecule has 1 aliphatic rings. The fourth-order valence-corrected chi connectivity index (χ4v) is 2.93. The summed E-state index contributed by atoms with van der Waals surface area (Å²) in [4.78, 5) is 11.6. The van der Waals surface area contributed by atoms with Crippen molar-refractivity contribution in [2.45, 2.75) is 90.4 Å². The maximum Gasteiger partial charge on any atom is 0.309 e. The number of carbonyl (C=O) groups excluding carboxylic acids is 1. The van der Waals surface area contributed by atoms with Crippen LogP contribution in [0.1, 0.15) is 90.4 Å². The van der Waals surface area contributed by atoms with Crippen molar-refractivity contribution in [3.8, 4) is 0 Å². The molecule has 0 N–H and O–H groups in total. The normalized spacial score (nSPS) is 16.9. The first-order chi connectivity index (χ1) is 9.83. The van der Waals surface area contributed by atoms with E-state index in [1.54, 1.807) is 6.42 Å². The van der Waals surface area contributed by atoms with E-state index < -0.39 is 0 Å². The Morgan fingerprint density at radius 2 is 1.65 bits per heavy atom. The van der Waals surface area contributed by atoms with Gasteiger partial charge in [-0.05, 0) is 25.2 Å². The topological polar surface area (TPSA) is 26.3 Å². The molecule has 0 amide bonds. The molecule has 0 unspecified atom stereocenters. The highest BCUT2D eigenvalue weighted by Crippen LogP contribution is 2.23. The summed E-state index contributed by atoms with van der Waals surface area (Å²) in [6, 6.07) is 0. The maximum atomic E-state index is 11.6. The molecule has 117 valence electrons. The lowest BCUT2D eigenvalue weighted by Gasteiger charge is -2.13. The molecule has 1 aliphatic carbocycles. The molecule has 0 saturated heterocycles. The molecule has 0 bridgehead atoms. The lowest BCUT2D eigenvalue weighted by molar-refractivity contribution is -0.141. The van der Waals surface area contributed by atoms with Gasteiger partial charge in [-0.2, -0.15) is 0 Å². The Morgan fingerprint density at radius 3 is 2.35 bits per heavy atom. The van der Waals surface area contributed by atoms with E-state index in [2.05, 4.69) is 6.92 Å². The van der Waals surface area contributed by atoms with Crippen LogP contribution in [0.5, 0.6) is 0 Å². The van der Waals surface area contributed by atoms with Gasteiger partial charge < -0.3 is 4.74 Å². The molecule has 0 atom stereocenters. The summed E-state index contributed by atoms with van der Waals surface area (Å²) >= 11 is 0. The smallest absolute Gasteiger partial charge is 0.309 e. The van der Waals surface area contributed by atoms with Crippen LogP contribution in [0, 0.1) is 12.3 Å². The molecule has 0 spiro atoms. The van der Waals surface area contributed by atoms with Gasteiger partial charge in [-0.1, -0.05) is 71.1 Å². The first-order valence-electron chi connectivity index (χ1n) is 8.83. The molecule has 1 saturated carbocycles. The van der Waals surface area contributed by atoms with Crippen LogP contribution < -0.4 is 0 Å². The zero-order valence-electron chi connectivity index (χ0n) is 13.4. The molecule has 0 heterocycles. The van der Waals surface area contributed by atoms with Crippen LogP contribution in [0.25, 0.3) is 0 Å². The van der Waals surface area contributed by atoms with Gasteiger partial charge in [-0.25, -0.2) is 0 Å². The van der Waals surface area contributed by atoms with Gasteiger partial charge in [0.05, 0.1) is 13.0 Å². The van der Waals surface area contributed by atoms with Gasteiger partial charge in [0.15, 0.2) is 0 Å². The molecule has 20 heavy (non-hydrogen) atoms. The van der Waals surface area contributed by atoms with Crippen molar-refractivity contribution < 1.29 is 9.53 Å². The quantitative estimate of drug-likeness (QED) is 0.302. The summed E-state index contributed by atoms with van der Waals surface area (Å²) in [6.45, 7) is 2.88. The zero-order chi connectivity index (χ0) is 14.5. The van der Waals surface area contributed by atoms with Crippen LogP contribution in [0.2, 0.25) is 0 Å². The van der Waals surface area contributed by atoms with Gasteiger partial charge in [0, 0.05) is 0 Å². The van der Waals surface area contributed by atoms with Crippen molar-refractivity contribution >= 4 is 5.97 Å². The minimum Gasteiger partial charge on any atom is -0.465 e. The number of rotatable bonds is 10. The summed E-state index contributed by atoms with van der Waals surface area (Å²) < 4.78 is 5.39. The predicted molar refractivity (Wildman–Crippen MR) is 84.4 cm³/mol. The largest absolute Gasteiger partial charge is 0.465 e. The van der Waals surface area contributed by atoms with Crippen molar-refractivity contribution in [2.75, 3.05) is 6.61 Å². The molecular weight excluding hydrogens is 248 g/mol. The molecular formula is C18H33O2. The molecule has 1 fully saturated rings. The van der Waals surface area contributed by atoms with Crippen molar-refractivity contribution in [3.05, 3.63) is 6.42 Å². The second-order valence-electron chi connectivity index (χ2n) is 6.25. The van der Waals surface area contributed by atoms with E-state index in [0.717, 1.165) is 12.8 Å². The Balaban J connectivity index is 1.92. The Bertz CT molecular complexity index is 230. The van der Waals surface area contributed by atoms with E-state index >= 15 is 0 Å². The third-order valence-corrected chi connectivity index (χ3v) is 4.30. The average molecular weight is 281 g/mol. The van der Waals surface area contributed by atoms with E-state index in [1.807, 2.05) is 0 Å². The Hall–Kier alpha value is -0.530. The van der Waals surface area contributed by atoms with Gasteiger partial charge in [0.25, 0.3) is 0 Å². The Kier molecular flexibility index (Phi) is 10.7. The number of hydrogen-bond acceptors (Lipinski definition) is 2. The fraction of sp³-hybridized carbons (Fsp3) is 0.889. The minimum absolute atomic E-state index is 0.0946. The molecule has 0 aromatic rings. The van der Waals surface area contributed by atoms with Crippen LogP contribution in [0.4, 0.5) is 0 Å². The zero-order valence-corrected chi connectivity index (χ0v) is 13.4. The Labute approximate surface area is 125 Å².